The summed E-state index contributed by atoms with van der Waals surface area (Å²) in [5.74, 6) is -0.361. The van der Waals surface area contributed by atoms with Crippen LogP contribution in [0.15, 0.2) is 23.0 Å². The molecule has 0 aromatic rings. The van der Waals surface area contributed by atoms with Crippen LogP contribution in [-0.2, 0) is 23.9 Å². The van der Waals surface area contributed by atoms with Crippen LogP contribution in [0.5, 0.6) is 0 Å². The number of allylic oxidation sites excluding steroid dienone is 3. The molecule has 0 aromatic heterocycles. The molecule has 43 heavy (non-hydrogen) atoms. The number of nitrogens with zero attached hydrogens (tertiary/aromatic N) is 2. The number of ether oxygens (including phenoxy) is 1. The van der Waals surface area contributed by atoms with E-state index in [0.717, 1.165) is 36.6 Å². The van der Waals surface area contributed by atoms with Crippen molar-refractivity contribution >= 4 is 23.9 Å². The van der Waals surface area contributed by atoms with Crippen molar-refractivity contribution in [3.8, 4) is 0 Å². The molecule has 4 aliphatic carbocycles. The zero-order valence-electron chi connectivity index (χ0n) is 26.5. The Morgan fingerprint density at radius 1 is 0.860 bits per heavy atom. The van der Waals surface area contributed by atoms with Crippen molar-refractivity contribution in [1.82, 2.24) is 9.80 Å². The molecule has 0 amide bonds. The van der Waals surface area contributed by atoms with E-state index in [-0.39, 0.29) is 25.7 Å². The van der Waals surface area contributed by atoms with Gasteiger partial charge in [-0.3, -0.25) is 19.2 Å². The van der Waals surface area contributed by atoms with Gasteiger partial charge in [-0.1, -0.05) is 18.1 Å². The molecule has 0 aromatic carbocycles. The Labute approximate surface area is 255 Å². The first-order valence-corrected chi connectivity index (χ1v) is 15.4. The number of fused-ring (bicyclic) bond motifs is 4. The van der Waals surface area contributed by atoms with Crippen molar-refractivity contribution in [3.05, 3.63) is 23.0 Å². The van der Waals surface area contributed by atoms with E-state index in [1.165, 1.54) is 57.4 Å². The van der Waals surface area contributed by atoms with Crippen molar-refractivity contribution in [1.29, 1.82) is 0 Å². The average molecular weight is 609 g/mol. The largest absolute Gasteiger partial charge is 0.501 e. The molecule has 4 aliphatic rings. The van der Waals surface area contributed by atoms with Gasteiger partial charge in [-0.05, 0) is 95.3 Å². The number of carboxylic acids is 4. The Morgan fingerprint density at radius 2 is 1.42 bits per heavy atom. The summed E-state index contributed by atoms with van der Waals surface area (Å²) >= 11 is 0. The predicted octanol–water partition coefficient (Wildman–Crippen LogP) is 4.58. The lowest BCUT2D eigenvalue weighted by atomic mass is 9.54. The molecule has 0 bridgehead atoms. The third-order valence-electron chi connectivity index (χ3n) is 9.81. The maximum Gasteiger partial charge on any atom is 0.303 e. The summed E-state index contributed by atoms with van der Waals surface area (Å²) in [5, 5.41) is 31.6. The molecule has 0 unspecified atom stereocenters. The molecule has 4 N–H and O–H groups in total. The van der Waals surface area contributed by atoms with Gasteiger partial charge in [0.1, 0.15) is 0 Å². The molecule has 4 rings (SSSR count). The van der Waals surface area contributed by atoms with E-state index in [9.17, 15) is 19.2 Å². The fourth-order valence-corrected chi connectivity index (χ4v) is 7.68. The van der Waals surface area contributed by atoms with Gasteiger partial charge < -0.3 is 35.0 Å². The molecule has 5 atom stereocenters. The standard InChI is InChI=1S/C24H40N2O.2C4H6O4/c1-24-13-12-20-19-9-7-18(27-5)16-17(19)6-8-21(20)22(24)10-11-23(24)26(4)15-14-25(2)3;2*5-3(6)1-2-4(7)8/h7,20-23H,6,8-16H2,1-5H3;2*1-2H2,(H,5,6)(H,7,8)/t20-,21-,22+,23+,24+;;/m1../s1. The highest BCUT2D eigenvalue weighted by Crippen LogP contribution is 2.61. The van der Waals surface area contributed by atoms with Crippen LogP contribution in [0.4, 0.5) is 0 Å². The molecule has 0 heterocycles. The minimum Gasteiger partial charge on any atom is -0.501 e. The SMILES string of the molecule is COC1=CCC2=C(CC[C@@H]3[C@@H]2CC[C@]2(C)[C@@H](N(C)CCN(C)C)CC[C@@H]32)C1.O=C(O)CCC(=O)O.O=C(O)CCC(=O)O. The summed E-state index contributed by atoms with van der Waals surface area (Å²) in [6.45, 7) is 5.02. The monoisotopic (exact) mass is 608 g/mol. The Kier molecular flexibility index (Phi) is 14.2. The summed E-state index contributed by atoms with van der Waals surface area (Å²) in [6, 6.07) is 0.783. The molecule has 11 heteroatoms. The van der Waals surface area contributed by atoms with Gasteiger partial charge in [0, 0.05) is 25.6 Å². The van der Waals surface area contributed by atoms with Gasteiger partial charge in [0.15, 0.2) is 0 Å². The molecule has 2 saturated carbocycles. The lowest BCUT2D eigenvalue weighted by Gasteiger charge is -2.53. The molecule has 0 radical (unpaired) electrons. The summed E-state index contributed by atoms with van der Waals surface area (Å²) in [6.07, 6.45) is 11.9. The second-order valence-corrected chi connectivity index (χ2v) is 12.8. The van der Waals surface area contributed by atoms with Crippen molar-refractivity contribution in [2.75, 3.05) is 41.3 Å². The Hall–Kier alpha value is -2.92. The smallest absolute Gasteiger partial charge is 0.303 e. The fourth-order valence-electron chi connectivity index (χ4n) is 7.68. The van der Waals surface area contributed by atoms with Gasteiger partial charge in [-0.25, -0.2) is 0 Å². The lowest BCUT2D eigenvalue weighted by molar-refractivity contribution is -0.143. The zero-order valence-corrected chi connectivity index (χ0v) is 26.5. The molecular weight excluding hydrogens is 556 g/mol. The zero-order chi connectivity index (χ0) is 32.3. The molecule has 0 aliphatic heterocycles. The van der Waals surface area contributed by atoms with Gasteiger partial charge in [-0.15, -0.1) is 0 Å². The minimum atomic E-state index is -1.08. The lowest BCUT2D eigenvalue weighted by Crippen LogP contribution is -2.50. The summed E-state index contributed by atoms with van der Waals surface area (Å²) < 4.78 is 5.56. The average Bonchev–Trinajstić information content (AvgIpc) is 3.31. The first kappa shape index (κ1) is 36.3. The van der Waals surface area contributed by atoms with E-state index in [0.29, 0.717) is 5.41 Å². The number of carbonyl (C=O) groups is 4. The van der Waals surface area contributed by atoms with Crippen LogP contribution in [0.3, 0.4) is 0 Å². The Bertz CT molecular complexity index is 997. The molecular formula is C32H52N2O9. The molecule has 0 saturated heterocycles. The van der Waals surface area contributed by atoms with Gasteiger partial charge in [-0.2, -0.15) is 0 Å². The molecule has 244 valence electrons. The van der Waals surface area contributed by atoms with E-state index in [2.05, 4.69) is 43.9 Å². The maximum atomic E-state index is 9.64. The van der Waals surface area contributed by atoms with Crippen LogP contribution in [-0.4, -0.2) is 101 Å². The van der Waals surface area contributed by atoms with Crippen molar-refractivity contribution < 1.29 is 44.3 Å². The number of rotatable bonds is 11. The Morgan fingerprint density at radius 3 is 1.91 bits per heavy atom. The van der Waals surface area contributed by atoms with Crippen LogP contribution in [0.1, 0.15) is 84.0 Å². The van der Waals surface area contributed by atoms with Crippen LogP contribution >= 0.6 is 0 Å². The normalized spacial score (nSPS) is 27.4. The third kappa shape index (κ3) is 10.6. The topological polar surface area (TPSA) is 165 Å². The maximum absolute atomic E-state index is 9.64. The van der Waals surface area contributed by atoms with Gasteiger partial charge in [0.05, 0.1) is 38.6 Å². The van der Waals surface area contributed by atoms with Gasteiger partial charge in [0.2, 0.25) is 0 Å². The molecule has 2 fully saturated rings. The number of hydrogen-bond donors (Lipinski definition) is 4. The fraction of sp³-hybridized carbons (Fsp3) is 0.750. The van der Waals surface area contributed by atoms with Gasteiger partial charge >= 0.3 is 23.9 Å². The van der Waals surface area contributed by atoms with E-state index < -0.39 is 23.9 Å². The summed E-state index contributed by atoms with van der Waals surface area (Å²) in [7, 11) is 8.60. The summed E-state index contributed by atoms with van der Waals surface area (Å²) in [5.41, 5.74) is 4.08. The van der Waals surface area contributed by atoms with E-state index in [4.69, 9.17) is 25.2 Å². The van der Waals surface area contributed by atoms with Crippen LogP contribution in [0, 0.1) is 23.2 Å². The highest BCUT2D eigenvalue weighted by Gasteiger charge is 2.55. The van der Waals surface area contributed by atoms with Crippen molar-refractivity contribution in [2.24, 2.45) is 23.2 Å². The second-order valence-electron chi connectivity index (χ2n) is 12.8. The van der Waals surface area contributed by atoms with Crippen molar-refractivity contribution in [2.45, 2.75) is 90.0 Å². The van der Waals surface area contributed by atoms with Gasteiger partial charge in [0.25, 0.3) is 0 Å². The van der Waals surface area contributed by atoms with E-state index >= 15 is 0 Å². The van der Waals surface area contributed by atoms with E-state index in [1.807, 2.05) is 12.7 Å². The molecule has 0 spiro atoms. The van der Waals surface area contributed by atoms with E-state index in [1.54, 1.807) is 5.57 Å². The first-order valence-electron chi connectivity index (χ1n) is 15.4. The van der Waals surface area contributed by atoms with Crippen LogP contribution < -0.4 is 0 Å². The van der Waals surface area contributed by atoms with Crippen LogP contribution in [0.2, 0.25) is 0 Å². The predicted molar refractivity (Wildman–Crippen MR) is 162 cm³/mol. The van der Waals surface area contributed by atoms with Crippen molar-refractivity contribution in [3.63, 3.8) is 0 Å². The molecule has 11 nitrogen and oxygen atoms in total. The number of aliphatic carboxylic acids is 4. The summed E-state index contributed by atoms with van der Waals surface area (Å²) in [4.78, 5) is 43.6. The Balaban J connectivity index is 0.000000334. The quantitative estimate of drug-likeness (QED) is 0.243. The third-order valence-corrected chi connectivity index (χ3v) is 9.81. The highest BCUT2D eigenvalue weighted by atomic mass is 16.5. The number of carboxylic acid groups (broad SMARTS) is 4. The second kappa shape index (κ2) is 16.8. The minimum absolute atomic E-state index is 0.296. The van der Waals surface area contributed by atoms with Crippen LogP contribution in [0.25, 0.3) is 0 Å². The number of methoxy groups -OCH3 is 1. The number of likely N-dealkylation sites (N-methyl/N-ethyl adjacent to an activating group) is 2. The number of hydrogen-bond acceptors (Lipinski definition) is 7. The highest BCUT2D eigenvalue weighted by molar-refractivity contribution is 5.75. The first-order chi connectivity index (χ1) is 20.2.